The fourth-order valence-electron chi connectivity index (χ4n) is 7.28. The van der Waals surface area contributed by atoms with Crippen molar-refractivity contribution in [3.8, 4) is 0 Å². The van der Waals surface area contributed by atoms with E-state index in [-0.39, 0.29) is 45.2 Å². The van der Waals surface area contributed by atoms with Crippen LogP contribution in [-0.2, 0) is 46.3 Å². The Morgan fingerprint density at radius 3 is 2.16 bits per heavy atom. The molecule has 2 saturated heterocycles. The quantitative estimate of drug-likeness (QED) is 0.237. The zero-order valence-electron chi connectivity index (χ0n) is 32.1. The van der Waals surface area contributed by atoms with Crippen LogP contribution < -0.4 is 21.3 Å². The molecular weight excluding hydrogens is 720 g/mol. The topological polar surface area (TPSA) is 204 Å². The van der Waals surface area contributed by atoms with Crippen molar-refractivity contribution in [1.29, 1.82) is 0 Å². The molecule has 2 aromatic rings. The van der Waals surface area contributed by atoms with E-state index in [0.29, 0.717) is 19.3 Å². The summed E-state index contributed by atoms with van der Waals surface area (Å²) in [4.78, 5) is 97.8. The van der Waals surface area contributed by atoms with Gasteiger partial charge in [0.15, 0.2) is 0 Å². The molecule has 0 saturated carbocycles. The maximum atomic E-state index is 14.3. The number of alkyl carbamates (subject to hydrolysis) is 1. The first-order chi connectivity index (χ1) is 26.7. The van der Waals surface area contributed by atoms with E-state index in [4.69, 9.17) is 4.74 Å². The number of carbonyl (C=O) groups excluding carboxylic acids is 6. The molecule has 300 valence electrons. The highest BCUT2D eigenvalue weighted by molar-refractivity contribution is 5.97. The number of benzene rings is 2. The van der Waals surface area contributed by atoms with Crippen LogP contribution in [0.2, 0.25) is 0 Å². The maximum absolute atomic E-state index is 14.3. The molecule has 3 aliphatic rings. The average Bonchev–Trinajstić information content (AvgIpc) is 3.85. The van der Waals surface area contributed by atoms with Gasteiger partial charge in [-0.1, -0.05) is 72.8 Å². The molecule has 0 radical (unpaired) electrons. The van der Waals surface area contributed by atoms with Gasteiger partial charge in [0.2, 0.25) is 29.5 Å². The number of nitrogens with zero attached hydrogens (tertiary/aromatic N) is 2. The standard InChI is InChI=1S/C41H52N6O9/c1-41(2,3)56-40(55)45-31(25-27-16-8-5-9-17-27)35(49)43-28-18-10-11-19-29(38(52)47-23-13-21-33(47)39(53)54)42-34(48)30(24-26-14-6-4-7-15-26)44-36(50)32-20-12-22-46(32)37(28)51/h4-11,14-17,28-33H,12-13,18-25H2,1-3H3,(H,42,48)(H,43,49)(H,44,50)(H,45,55)(H,53,54)/b11-10+/t28-,29-,30-,31-,32-,33-/m0/s1. The second kappa shape index (κ2) is 18.7. The Bertz CT molecular complexity index is 1780. The molecule has 6 amide bonds. The minimum atomic E-state index is -1.18. The molecule has 2 fully saturated rings. The molecule has 5 rings (SSSR count). The maximum Gasteiger partial charge on any atom is 0.408 e. The number of hydrogen-bond donors (Lipinski definition) is 5. The van der Waals surface area contributed by atoms with E-state index < -0.39 is 83.5 Å². The Hall–Kier alpha value is -5.73. The minimum absolute atomic E-state index is 0.0487. The molecule has 3 heterocycles. The first kappa shape index (κ1) is 41.4. The Morgan fingerprint density at radius 1 is 0.857 bits per heavy atom. The monoisotopic (exact) mass is 772 g/mol. The summed E-state index contributed by atoms with van der Waals surface area (Å²) in [5.74, 6) is -4.08. The first-order valence-corrected chi connectivity index (χ1v) is 19.2. The molecular formula is C41H52N6O9. The van der Waals surface area contributed by atoms with Crippen molar-refractivity contribution < 1.29 is 43.4 Å². The number of amides is 6. The smallest absolute Gasteiger partial charge is 0.408 e. The number of aliphatic carboxylic acids is 1. The molecule has 15 nitrogen and oxygen atoms in total. The summed E-state index contributed by atoms with van der Waals surface area (Å²) < 4.78 is 5.44. The Morgan fingerprint density at radius 2 is 1.50 bits per heavy atom. The Labute approximate surface area is 326 Å². The van der Waals surface area contributed by atoms with Crippen LogP contribution in [0.3, 0.4) is 0 Å². The highest BCUT2D eigenvalue weighted by atomic mass is 16.6. The number of ether oxygens (including phenoxy) is 1. The molecule has 0 aromatic heterocycles. The van der Waals surface area contributed by atoms with Crippen LogP contribution in [0.1, 0.15) is 70.4 Å². The number of likely N-dealkylation sites (tertiary alicyclic amines) is 1. The van der Waals surface area contributed by atoms with Crippen LogP contribution in [0.15, 0.2) is 72.8 Å². The van der Waals surface area contributed by atoms with Crippen LogP contribution in [-0.4, -0.2) is 111 Å². The zero-order valence-corrected chi connectivity index (χ0v) is 32.1. The van der Waals surface area contributed by atoms with Gasteiger partial charge in [0.05, 0.1) is 0 Å². The van der Waals surface area contributed by atoms with Crippen molar-refractivity contribution in [3.63, 3.8) is 0 Å². The summed E-state index contributed by atoms with van der Waals surface area (Å²) >= 11 is 0. The molecule has 15 heteroatoms. The summed E-state index contributed by atoms with van der Waals surface area (Å²) in [6, 6.07) is 11.5. The fraction of sp³-hybridized carbons (Fsp3) is 0.488. The molecule has 0 unspecified atom stereocenters. The van der Waals surface area contributed by atoms with Crippen molar-refractivity contribution in [3.05, 3.63) is 83.9 Å². The number of nitrogens with one attached hydrogen (secondary N) is 4. The highest BCUT2D eigenvalue weighted by Crippen LogP contribution is 2.22. The molecule has 0 aliphatic carbocycles. The van der Waals surface area contributed by atoms with E-state index in [1.165, 1.54) is 9.80 Å². The van der Waals surface area contributed by atoms with E-state index in [2.05, 4.69) is 21.3 Å². The number of fused-ring (bicyclic) bond motifs is 1. The average molecular weight is 773 g/mol. The largest absolute Gasteiger partial charge is 0.480 e. The van der Waals surface area contributed by atoms with Gasteiger partial charge in [-0.2, -0.15) is 0 Å². The molecule has 3 aliphatic heterocycles. The van der Waals surface area contributed by atoms with E-state index >= 15 is 0 Å². The summed E-state index contributed by atoms with van der Waals surface area (Å²) in [5, 5.41) is 20.9. The van der Waals surface area contributed by atoms with Gasteiger partial charge in [-0.3, -0.25) is 24.0 Å². The third kappa shape index (κ3) is 11.2. The number of rotatable bonds is 9. The van der Waals surface area contributed by atoms with Gasteiger partial charge in [-0.05, 0) is 70.4 Å². The summed E-state index contributed by atoms with van der Waals surface area (Å²) in [6.07, 6.45) is 4.07. The van der Waals surface area contributed by atoms with Crippen molar-refractivity contribution >= 4 is 41.6 Å². The molecule has 6 atom stereocenters. The predicted molar refractivity (Wildman–Crippen MR) is 205 cm³/mol. The lowest BCUT2D eigenvalue weighted by molar-refractivity contribution is -0.149. The van der Waals surface area contributed by atoms with Crippen LogP contribution >= 0.6 is 0 Å². The van der Waals surface area contributed by atoms with Gasteiger partial charge < -0.3 is 40.9 Å². The lowest BCUT2D eigenvalue weighted by atomic mass is 10.0. The van der Waals surface area contributed by atoms with Crippen molar-refractivity contribution in [2.24, 2.45) is 0 Å². The molecule has 2 aromatic carbocycles. The van der Waals surface area contributed by atoms with Crippen LogP contribution in [0, 0.1) is 0 Å². The van der Waals surface area contributed by atoms with Gasteiger partial charge in [0, 0.05) is 25.9 Å². The number of hydrogen-bond acceptors (Lipinski definition) is 8. The van der Waals surface area contributed by atoms with Crippen LogP contribution in [0.5, 0.6) is 0 Å². The lowest BCUT2D eigenvalue weighted by Crippen LogP contribution is -2.59. The first-order valence-electron chi connectivity index (χ1n) is 19.2. The van der Waals surface area contributed by atoms with E-state index in [0.717, 1.165) is 11.1 Å². The third-order valence-corrected chi connectivity index (χ3v) is 10.0. The van der Waals surface area contributed by atoms with Gasteiger partial charge in [-0.15, -0.1) is 0 Å². The fourth-order valence-corrected chi connectivity index (χ4v) is 7.28. The van der Waals surface area contributed by atoms with Crippen molar-refractivity contribution in [2.75, 3.05) is 13.1 Å². The van der Waals surface area contributed by atoms with Crippen LogP contribution in [0.25, 0.3) is 0 Å². The molecule has 5 N–H and O–H groups in total. The number of carboxylic acid groups (broad SMARTS) is 1. The van der Waals surface area contributed by atoms with E-state index in [1.54, 1.807) is 69.3 Å². The highest BCUT2D eigenvalue weighted by Gasteiger charge is 2.41. The van der Waals surface area contributed by atoms with Crippen molar-refractivity contribution in [1.82, 2.24) is 31.1 Å². The minimum Gasteiger partial charge on any atom is -0.480 e. The van der Waals surface area contributed by atoms with E-state index in [1.807, 2.05) is 24.3 Å². The van der Waals surface area contributed by atoms with Gasteiger partial charge >= 0.3 is 12.1 Å². The second-order valence-electron chi connectivity index (χ2n) is 15.4. The second-order valence-corrected chi connectivity index (χ2v) is 15.4. The predicted octanol–water partition coefficient (Wildman–Crippen LogP) is 2.24. The Balaban J connectivity index is 1.45. The normalized spacial score (nSPS) is 24.5. The third-order valence-electron chi connectivity index (χ3n) is 10.0. The Kier molecular flexibility index (Phi) is 13.9. The van der Waals surface area contributed by atoms with Gasteiger partial charge in [-0.25, -0.2) is 9.59 Å². The summed E-state index contributed by atoms with van der Waals surface area (Å²) in [6.45, 7) is 5.54. The zero-order chi connectivity index (χ0) is 40.4. The molecule has 56 heavy (non-hydrogen) atoms. The summed E-state index contributed by atoms with van der Waals surface area (Å²) in [7, 11) is 0. The number of carbonyl (C=O) groups is 7. The molecule has 0 bridgehead atoms. The summed E-state index contributed by atoms with van der Waals surface area (Å²) in [5.41, 5.74) is 0.662. The molecule has 0 spiro atoms. The lowest BCUT2D eigenvalue weighted by Gasteiger charge is -2.31. The van der Waals surface area contributed by atoms with Gasteiger partial charge in [0.1, 0.15) is 41.9 Å². The van der Waals surface area contributed by atoms with Crippen molar-refractivity contribution in [2.45, 2.75) is 114 Å². The SMILES string of the molecule is CC(C)(C)OC(=O)N[C@@H](Cc1ccccc1)C(=O)N[C@H]1C/C=C/C[C@@H](C(=O)N2CCC[C@H]2C(=O)O)NC(=O)[C@H](Cc2ccccc2)NC(=O)[C@@H]2CCCN2C1=O. The van der Waals surface area contributed by atoms with Gasteiger partial charge in [0.25, 0.3) is 0 Å². The number of carboxylic acids is 1. The van der Waals surface area contributed by atoms with E-state index in [9.17, 15) is 38.7 Å². The van der Waals surface area contributed by atoms with Crippen LogP contribution in [0.4, 0.5) is 4.79 Å².